The first-order valence-electron chi connectivity index (χ1n) is 12.6. The lowest BCUT2D eigenvalue weighted by molar-refractivity contribution is 0.133. The van der Waals surface area contributed by atoms with E-state index in [0.29, 0.717) is 6.17 Å². The molecule has 0 aliphatic carbocycles. The number of hydrogen-bond acceptors (Lipinski definition) is 2. The lowest BCUT2D eigenvalue weighted by atomic mass is 10.1. The molecule has 1 aliphatic heterocycles. The first-order valence-corrected chi connectivity index (χ1v) is 12.6. The molecule has 0 amide bonds. The molecule has 0 spiro atoms. The summed E-state index contributed by atoms with van der Waals surface area (Å²) in [6, 6.07) is 10.9. The van der Waals surface area contributed by atoms with E-state index in [2.05, 4.69) is 66.4 Å². The molecular formula is C27H46N2. The van der Waals surface area contributed by atoms with Crippen molar-refractivity contribution in [2.45, 2.75) is 116 Å². The molecule has 0 bridgehead atoms. The molecular weight excluding hydrogens is 352 g/mol. The molecule has 2 heteroatoms. The molecule has 1 aromatic carbocycles. The smallest absolute Gasteiger partial charge is 0.101 e. The molecule has 1 heterocycles. The van der Waals surface area contributed by atoms with E-state index in [4.69, 9.17) is 0 Å². The first kappa shape index (κ1) is 23.8. The Hall–Kier alpha value is -1.44. The van der Waals surface area contributed by atoms with Crippen LogP contribution in [0, 0.1) is 0 Å². The fraction of sp³-hybridized carbons (Fsp3) is 0.704. The Labute approximate surface area is 181 Å². The normalized spacial score (nSPS) is 16.1. The molecule has 0 N–H and O–H groups in total. The summed E-state index contributed by atoms with van der Waals surface area (Å²) in [7, 11) is 0. The molecule has 0 saturated heterocycles. The Bertz CT molecular complexity index is 525. The van der Waals surface area contributed by atoms with Crippen LogP contribution >= 0.6 is 0 Å². The van der Waals surface area contributed by atoms with E-state index >= 15 is 0 Å². The van der Waals surface area contributed by atoms with Gasteiger partial charge in [0.25, 0.3) is 0 Å². The maximum absolute atomic E-state index is 2.60. The van der Waals surface area contributed by atoms with E-state index in [-0.39, 0.29) is 0 Å². The van der Waals surface area contributed by atoms with Crippen LogP contribution < -0.4 is 0 Å². The zero-order valence-corrected chi connectivity index (χ0v) is 19.3. The third-order valence-electron chi connectivity index (χ3n) is 6.26. The SMILES string of the molecule is CCCCCCCCCCCCCN1C=CN(Cc2ccccc2)C1CCCC. The Morgan fingerprint density at radius 3 is 1.79 bits per heavy atom. The van der Waals surface area contributed by atoms with Gasteiger partial charge < -0.3 is 9.80 Å². The van der Waals surface area contributed by atoms with Crippen LogP contribution in [0.1, 0.15) is 109 Å². The average molecular weight is 399 g/mol. The molecule has 0 saturated carbocycles. The molecule has 2 rings (SSSR count). The van der Waals surface area contributed by atoms with Crippen molar-refractivity contribution in [3.63, 3.8) is 0 Å². The highest BCUT2D eigenvalue weighted by Crippen LogP contribution is 2.24. The quantitative estimate of drug-likeness (QED) is 0.244. The van der Waals surface area contributed by atoms with E-state index in [1.807, 2.05) is 0 Å². The second-order valence-electron chi connectivity index (χ2n) is 8.85. The van der Waals surface area contributed by atoms with Crippen LogP contribution in [0.25, 0.3) is 0 Å². The second-order valence-corrected chi connectivity index (χ2v) is 8.85. The third kappa shape index (κ3) is 9.74. The summed E-state index contributed by atoms with van der Waals surface area (Å²) in [6.07, 6.45) is 24.7. The van der Waals surface area contributed by atoms with Crippen LogP contribution in [0.15, 0.2) is 42.7 Å². The van der Waals surface area contributed by atoms with E-state index in [0.717, 1.165) is 6.54 Å². The maximum atomic E-state index is 2.60. The van der Waals surface area contributed by atoms with Crippen molar-refractivity contribution in [1.82, 2.24) is 9.80 Å². The summed E-state index contributed by atoms with van der Waals surface area (Å²) in [6.45, 7) is 6.84. The average Bonchev–Trinajstić information content (AvgIpc) is 3.12. The van der Waals surface area contributed by atoms with Gasteiger partial charge in [-0.15, -0.1) is 0 Å². The summed E-state index contributed by atoms with van der Waals surface area (Å²) in [5, 5.41) is 0. The Morgan fingerprint density at radius 2 is 1.17 bits per heavy atom. The summed E-state index contributed by atoms with van der Waals surface area (Å²) >= 11 is 0. The van der Waals surface area contributed by atoms with Gasteiger partial charge in [-0.05, 0) is 24.8 Å². The van der Waals surface area contributed by atoms with Gasteiger partial charge in [-0.1, -0.05) is 115 Å². The minimum absolute atomic E-state index is 0.554. The molecule has 0 aromatic heterocycles. The highest BCUT2D eigenvalue weighted by Gasteiger charge is 2.25. The summed E-state index contributed by atoms with van der Waals surface area (Å²) in [5.74, 6) is 0. The standard InChI is InChI=1S/C27H46N2/c1-3-5-7-8-9-10-11-12-13-14-18-22-28-23-24-29(27(28)21-6-4-2)25-26-19-16-15-17-20-26/h15-17,19-20,23-24,27H,3-14,18,21-22,25H2,1-2H3. The van der Waals surface area contributed by atoms with Gasteiger partial charge in [0.2, 0.25) is 0 Å². The van der Waals surface area contributed by atoms with Gasteiger partial charge in [-0.3, -0.25) is 0 Å². The van der Waals surface area contributed by atoms with Gasteiger partial charge in [0, 0.05) is 25.5 Å². The minimum Gasteiger partial charge on any atom is -0.356 e. The summed E-state index contributed by atoms with van der Waals surface area (Å²) < 4.78 is 0. The molecule has 164 valence electrons. The van der Waals surface area contributed by atoms with Crippen molar-refractivity contribution in [3.05, 3.63) is 48.3 Å². The van der Waals surface area contributed by atoms with Gasteiger partial charge in [-0.2, -0.15) is 0 Å². The van der Waals surface area contributed by atoms with Gasteiger partial charge in [0.15, 0.2) is 0 Å². The Kier molecular flexibility index (Phi) is 12.7. The largest absolute Gasteiger partial charge is 0.356 e. The molecule has 1 aliphatic rings. The van der Waals surface area contributed by atoms with Crippen LogP contribution in [0.4, 0.5) is 0 Å². The molecule has 1 unspecified atom stereocenters. The predicted molar refractivity (Wildman–Crippen MR) is 128 cm³/mol. The molecule has 0 fully saturated rings. The fourth-order valence-corrected chi connectivity index (χ4v) is 4.41. The lowest BCUT2D eigenvalue weighted by Gasteiger charge is -2.33. The fourth-order valence-electron chi connectivity index (χ4n) is 4.41. The van der Waals surface area contributed by atoms with Gasteiger partial charge >= 0.3 is 0 Å². The van der Waals surface area contributed by atoms with Crippen molar-refractivity contribution in [2.24, 2.45) is 0 Å². The molecule has 1 atom stereocenters. The maximum Gasteiger partial charge on any atom is 0.101 e. The van der Waals surface area contributed by atoms with Crippen LogP contribution in [0.3, 0.4) is 0 Å². The number of unbranched alkanes of at least 4 members (excludes halogenated alkanes) is 11. The highest BCUT2D eigenvalue weighted by atomic mass is 15.4. The van der Waals surface area contributed by atoms with Crippen LogP contribution in [0.2, 0.25) is 0 Å². The number of nitrogens with zero attached hydrogens (tertiary/aromatic N) is 2. The molecule has 0 radical (unpaired) electrons. The van der Waals surface area contributed by atoms with Gasteiger partial charge in [0.1, 0.15) is 6.17 Å². The highest BCUT2D eigenvalue weighted by molar-refractivity contribution is 5.15. The predicted octanol–water partition coefficient (Wildman–Crippen LogP) is 8.10. The summed E-state index contributed by atoms with van der Waals surface area (Å²) in [5.41, 5.74) is 1.41. The van der Waals surface area contributed by atoms with Crippen molar-refractivity contribution in [1.29, 1.82) is 0 Å². The topological polar surface area (TPSA) is 6.48 Å². The van der Waals surface area contributed by atoms with E-state index in [1.165, 1.54) is 102 Å². The van der Waals surface area contributed by atoms with Crippen molar-refractivity contribution in [3.8, 4) is 0 Å². The number of hydrogen-bond donors (Lipinski definition) is 0. The van der Waals surface area contributed by atoms with E-state index < -0.39 is 0 Å². The Balaban J connectivity index is 1.60. The lowest BCUT2D eigenvalue weighted by Crippen LogP contribution is -2.38. The van der Waals surface area contributed by atoms with Crippen molar-refractivity contribution < 1.29 is 0 Å². The zero-order chi connectivity index (χ0) is 20.6. The van der Waals surface area contributed by atoms with Crippen LogP contribution in [-0.4, -0.2) is 22.5 Å². The van der Waals surface area contributed by atoms with E-state index in [1.54, 1.807) is 0 Å². The third-order valence-corrected chi connectivity index (χ3v) is 6.26. The second kappa shape index (κ2) is 15.4. The first-order chi connectivity index (χ1) is 14.3. The Morgan fingerprint density at radius 1 is 0.621 bits per heavy atom. The molecule has 29 heavy (non-hydrogen) atoms. The number of benzene rings is 1. The molecule has 1 aromatic rings. The summed E-state index contributed by atoms with van der Waals surface area (Å²) in [4.78, 5) is 5.15. The zero-order valence-electron chi connectivity index (χ0n) is 19.3. The van der Waals surface area contributed by atoms with Gasteiger partial charge in [-0.25, -0.2) is 0 Å². The van der Waals surface area contributed by atoms with Crippen LogP contribution in [0.5, 0.6) is 0 Å². The minimum atomic E-state index is 0.554. The monoisotopic (exact) mass is 398 g/mol. The van der Waals surface area contributed by atoms with Crippen molar-refractivity contribution >= 4 is 0 Å². The van der Waals surface area contributed by atoms with Crippen LogP contribution in [-0.2, 0) is 6.54 Å². The molecule has 2 nitrogen and oxygen atoms in total. The van der Waals surface area contributed by atoms with E-state index in [9.17, 15) is 0 Å². The van der Waals surface area contributed by atoms with Crippen molar-refractivity contribution in [2.75, 3.05) is 6.54 Å². The van der Waals surface area contributed by atoms with Gasteiger partial charge in [0.05, 0.1) is 0 Å². The number of rotatable bonds is 17.